The van der Waals surface area contributed by atoms with E-state index in [1.54, 1.807) is 25.5 Å². The zero-order valence-electron chi connectivity index (χ0n) is 22.8. The summed E-state index contributed by atoms with van der Waals surface area (Å²) in [5.74, 6) is 0.700. The first-order valence-electron chi connectivity index (χ1n) is 12.3. The zero-order valence-corrected chi connectivity index (χ0v) is 30.3. The monoisotopic (exact) mass is 767 g/mol. The normalized spacial score (nSPS) is 9.83. The molecule has 0 N–H and O–H groups in total. The van der Waals surface area contributed by atoms with Crippen LogP contribution in [-0.2, 0) is 0 Å². The molecule has 41 heavy (non-hydrogen) atoms. The fourth-order valence-electron chi connectivity index (χ4n) is 3.61. The Morgan fingerprint density at radius 3 is 1.78 bits per heavy atom. The van der Waals surface area contributed by atoms with Gasteiger partial charge in [-0.15, -0.1) is 6.61 Å². The predicted molar refractivity (Wildman–Crippen MR) is 175 cm³/mol. The first-order valence-corrected chi connectivity index (χ1v) is 15.1. The maximum Gasteiger partial charge on any atom is 1.00 e. The van der Waals surface area contributed by atoms with Crippen LogP contribution >= 0.6 is 59.4 Å². The summed E-state index contributed by atoms with van der Waals surface area (Å²) in [5, 5.41) is 16.1. The second-order valence-electron chi connectivity index (χ2n) is 7.95. The Balaban J connectivity index is 0.000000204. The molecule has 3 aromatic heterocycles. The van der Waals surface area contributed by atoms with Gasteiger partial charge in [-0.2, -0.15) is 0 Å². The van der Waals surface area contributed by atoms with Gasteiger partial charge >= 0.3 is 29.6 Å². The fourth-order valence-corrected chi connectivity index (χ4v) is 5.34. The van der Waals surface area contributed by atoms with Gasteiger partial charge in [0.15, 0.2) is 0 Å². The Morgan fingerprint density at radius 1 is 0.683 bits per heavy atom. The van der Waals surface area contributed by atoms with Crippen LogP contribution in [0, 0.1) is 0 Å². The smallest absolute Gasteiger partial charge is 0.855 e. The van der Waals surface area contributed by atoms with Crippen LogP contribution < -0.4 is 39.4 Å². The van der Waals surface area contributed by atoms with E-state index in [-0.39, 0.29) is 36.2 Å². The number of fused-ring (bicyclic) bond motifs is 3. The van der Waals surface area contributed by atoms with Crippen molar-refractivity contribution in [1.29, 1.82) is 0 Å². The second-order valence-corrected chi connectivity index (χ2v) is 10.9. The molecule has 0 amide bonds. The van der Waals surface area contributed by atoms with Crippen LogP contribution in [0.25, 0.3) is 32.3 Å². The molecule has 0 fully saturated rings. The average Bonchev–Trinajstić information content (AvgIpc) is 2.96. The molecule has 0 atom stereocenters. The topological polar surface area (TPSA) is 71.0 Å². The third-order valence-corrected chi connectivity index (χ3v) is 7.70. The van der Waals surface area contributed by atoms with Crippen molar-refractivity contribution >= 4 is 91.7 Å². The summed E-state index contributed by atoms with van der Waals surface area (Å²) >= 11 is 16.3. The van der Waals surface area contributed by atoms with Gasteiger partial charge in [0, 0.05) is 65.1 Å². The molecule has 3 aromatic carbocycles. The number of pyridine rings is 3. The Bertz CT molecular complexity index is 1650. The van der Waals surface area contributed by atoms with E-state index in [1.165, 1.54) is 10.8 Å². The molecule has 5 nitrogen and oxygen atoms in total. The zero-order chi connectivity index (χ0) is 28.9. The molecule has 0 unspecified atom stereocenters. The van der Waals surface area contributed by atoms with Crippen LogP contribution in [0.2, 0.25) is 5.15 Å². The van der Waals surface area contributed by atoms with Crippen molar-refractivity contribution in [1.82, 2.24) is 15.0 Å². The maximum atomic E-state index is 8.93. The van der Waals surface area contributed by atoms with E-state index in [0.717, 1.165) is 35.0 Å². The molecule has 3 heterocycles. The predicted octanol–water partition coefficient (Wildman–Crippen LogP) is 6.41. The van der Waals surface area contributed by atoms with Gasteiger partial charge in [0.1, 0.15) is 5.15 Å². The molecule has 0 spiro atoms. The molecule has 206 valence electrons. The minimum Gasteiger partial charge on any atom is -0.855 e. The summed E-state index contributed by atoms with van der Waals surface area (Å²) in [4.78, 5) is 12.2. The standard InChI is InChI=1S/C11H10BrNO.C9H5BrClN.C9H6BrN.C2H5O.Na/c1-2-14-11-9-4-3-5-10(12)8(9)6-7-13-11;10-8-3-1-2-7-6(8)4-5-12-9(7)11;10-9-3-1-2-7-6-11-5-4-8(7)9;1-2-3;/h3-7H,2H2,1H3;1-5H;1-6H;2H2,1H3;/q;;;-1;+1. The van der Waals surface area contributed by atoms with E-state index in [2.05, 4.69) is 62.7 Å². The van der Waals surface area contributed by atoms with Gasteiger partial charge in [0.05, 0.1) is 6.61 Å². The minimum atomic E-state index is 0. The van der Waals surface area contributed by atoms with Gasteiger partial charge in [-0.1, -0.05) is 96.6 Å². The largest absolute Gasteiger partial charge is 1.00 e. The number of hydrogen-bond acceptors (Lipinski definition) is 5. The van der Waals surface area contributed by atoms with Gasteiger partial charge in [0.25, 0.3) is 0 Å². The van der Waals surface area contributed by atoms with Crippen molar-refractivity contribution in [2.45, 2.75) is 13.8 Å². The van der Waals surface area contributed by atoms with Gasteiger partial charge in [0.2, 0.25) is 5.88 Å². The molecule has 6 rings (SSSR count). The molecule has 0 aliphatic heterocycles. The summed E-state index contributed by atoms with van der Waals surface area (Å²) in [6.45, 7) is 4.16. The van der Waals surface area contributed by atoms with Crippen LogP contribution in [0.1, 0.15) is 13.8 Å². The average molecular weight is 771 g/mol. The molecular formula is C31H26Br3ClN3NaO2. The van der Waals surface area contributed by atoms with Crippen LogP contribution in [0.15, 0.2) is 111 Å². The Kier molecular flexibility index (Phi) is 16.3. The van der Waals surface area contributed by atoms with E-state index in [9.17, 15) is 0 Å². The summed E-state index contributed by atoms with van der Waals surface area (Å²) in [6, 6.07) is 23.9. The second kappa shape index (κ2) is 18.8. The summed E-state index contributed by atoms with van der Waals surface area (Å²) < 4.78 is 8.68. The van der Waals surface area contributed by atoms with Crippen LogP contribution in [0.5, 0.6) is 5.88 Å². The van der Waals surface area contributed by atoms with Crippen molar-refractivity contribution in [3.05, 3.63) is 116 Å². The summed E-state index contributed by atoms with van der Waals surface area (Å²) in [5.41, 5.74) is 0. The van der Waals surface area contributed by atoms with Crippen molar-refractivity contribution in [3.8, 4) is 5.88 Å². The molecule has 0 radical (unpaired) electrons. The number of aromatic nitrogens is 3. The van der Waals surface area contributed by atoms with Crippen LogP contribution in [0.3, 0.4) is 0 Å². The van der Waals surface area contributed by atoms with Crippen molar-refractivity contribution in [3.63, 3.8) is 0 Å². The number of nitrogens with zero attached hydrogens (tertiary/aromatic N) is 3. The maximum absolute atomic E-state index is 8.93. The number of ether oxygens (including phenoxy) is 1. The molecular weight excluding hydrogens is 745 g/mol. The van der Waals surface area contributed by atoms with Crippen molar-refractivity contribution in [2.75, 3.05) is 13.2 Å². The molecule has 0 saturated carbocycles. The minimum absolute atomic E-state index is 0. The first-order chi connectivity index (χ1) is 19.4. The van der Waals surface area contributed by atoms with Gasteiger partial charge in [-0.05, 0) is 54.8 Å². The third kappa shape index (κ3) is 10.3. The number of hydrogen-bond donors (Lipinski definition) is 0. The van der Waals surface area contributed by atoms with Gasteiger partial charge in [-0.25, -0.2) is 9.97 Å². The molecule has 0 aliphatic carbocycles. The van der Waals surface area contributed by atoms with E-state index >= 15 is 0 Å². The Hall–Kier alpha value is -1.62. The van der Waals surface area contributed by atoms with Gasteiger partial charge in [-0.3, -0.25) is 4.98 Å². The molecule has 10 heteroatoms. The number of halogens is 4. The third-order valence-electron chi connectivity index (χ3n) is 5.33. The van der Waals surface area contributed by atoms with E-state index in [1.807, 2.05) is 85.9 Å². The van der Waals surface area contributed by atoms with Crippen LogP contribution in [-0.4, -0.2) is 28.2 Å². The molecule has 6 aromatic rings. The number of rotatable bonds is 2. The summed E-state index contributed by atoms with van der Waals surface area (Å²) in [7, 11) is 0. The quantitative estimate of drug-likeness (QED) is 0.150. The van der Waals surface area contributed by atoms with Crippen LogP contribution in [0.4, 0.5) is 0 Å². The first kappa shape index (κ1) is 35.6. The van der Waals surface area contributed by atoms with E-state index < -0.39 is 0 Å². The Morgan fingerprint density at radius 2 is 1.20 bits per heavy atom. The van der Waals surface area contributed by atoms with Crippen molar-refractivity contribution < 1.29 is 39.4 Å². The summed E-state index contributed by atoms with van der Waals surface area (Å²) in [6.07, 6.45) is 7.13. The fraction of sp³-hybridized carbons (Fsp3) is 0.129. The van der Waals surface area contributed by atoms with Gasteiger partial charge < -0.3 is 9.84 Å². The molecule has 0 aliphatic rings. The number of benzene rings is 3. The SMILES string of the molecule is Brc1cccc2cnccc12.CCOc1nccc2c(Br)cccc12.CC[O-].Clc1nccc2c(Br)cccc12.[Na+]. The Labute approximate surface area is 292 Å². The molecule has 0 saturated heterocycles. The van der Waals surface area contributed by atoms with E-state index in [4.69, 9.17) is 21.4 Å². The van der Waals surface area contributed by atoms with E-state index in [0.29, 0.717) is 17.6 Å². The molecule has 0 bridgehead atoms. The van der Waals surface area contributed by atoms with Crippen molar-refractivity contribution in [2.24, 2.45) is 0 Å².